The third kappa shape index (κ3) is 2.16. The summed E-state index contributed by atoms with van der Waals surface area (Å²) in [6.07, 6.45) is 1.60. The summed E-state index contributed by atoms with van der Waals surface area (Å²) in [4.78, 5) is 11.9. The van der Waals surface area contributed by atoms with Crippen molar-refractivity contribution in [2.45, 2.75) is 6.92 Å². The van der Waals surface area contributed by atoms with Crippen LogP contribution < -0.4 is 10.6 Å². The first-order chi connectivity index (χ1) is 9.65. The molecule has 2 aromatic carbocycles. The van der Waals surface area contributed by atoms with Crippen molar-refractivity contribution in [1.82, 2.24) is 0 Å². The van der Waals surface area contributed by atoms with Crippen molar-refractivity contribution < 1.29 is 9.18 Å². The van der Waals surface area contributed by atoms with Crippen LogP contribution in [0, 0.1) is 12.7 Å². The van der Waals surface area contributed by atoms with E-state index < -0.39 is 0 Å². The smallest absolute Gasteiger partial charge is 0.257 e. The topological polar surface area (TPSA) is 41.1 Å². The fraction of sp³-hybridized carbons (Fsp3) is 0.0625. The van der Waals surface area contributed by atoms with Gasteiger partial charge in [-0.15, -0.1) is 0 Å². The summed E-state index contributed by atoms with van der Waals surface area (Å²) in [5, 5.41) is 5.75. The molecular weight excluding hydrogens is 255 g/mol. The Kier molecular flexibility index (Phi) is 2.99. The molecule has 4 heteroatoms. The third-order valence-electron chi connectivity index (χ3n) is 3.27. The first-order valence-electron chi connectivity index (χ1n) is 6.29. The largest absolute Gasteiger partial charge is 0.361 e. The molecule has 0 aromatic heterocycles. The zero-order valence-corrected chi connectivity index (χ0v) is 10.9. The van der Waals surface area contributed by atoms with Gasteiger partial charge < -0.3 is 10.6 Å². The quantitative estimate of drug-likeness (QED) is 0.818. The fourth-order valence-electron chi connectivity index (χ4n) is 2.12. The SMILES string of the molecule is Cc1ccc(N/C=C2/C(=O)Nc3ccccc32)cc1F. The molecule has 0 fully saturated rings. The molecule has 1 heterocycles. The average Bonchev–Trinajstić information content (AvgIpc) is 2.76. The number of amides is 1. The molecule has 0 radical (unpaired) electrons. The summed E-state index contributed by atoms with van der Waals surface area (Å²) in [6.45, 7) is 1.71. The highest BCUT2D eigenvalue weighted by Gasteiger charge is 2.23. The predicted octanol–water partition coefficient (Wildman–Crippen LogP) is 3.54. The van der Waals surface area contributed by atoms with Crippen LogP contribution in [0.15, 0.2) is 48.7 Å². The third-order valence-corrected chi connectivity index (χ3v) is 3.27. The van der Waals surface area contributed by atoms with Crippen LogP contribution in [0.3, 0.4) is 0 Å². The molecule has 3 rings (SSSR count). The number of halogens is 1. The molecule has 20 heavy (non-hydrogen) atoms. The minimum atomic E-state index is -0.273. The molecule has 0 bridgehead atoms. The maximum atomic E-state index is 13.5. The van der Waals surface area contributed by atoms with Gasteiger partial charge in [0, 0.05) is 23.1 Å². The van der Waals surface area contributed by atoms with E-state index in [4.69, 9.17) is 0 Å². The number of benzene rings is 2. The Balaban J connectivity index is 1.89. The van der Waals surface area contributed by atoms with E-state index in [0.29, 0.717) is 16.8 Å². The van der Waals surface area contributed by atoms with E-state index in [9.17, 15) is 9.18 Å². The number of carbonyl (C=O) groups is 1. The second-order valence-electron chi connectivity index (χ2n) is 4.67. The van der Waals surface area contributed by atoms with Crippen LogP contribution in [-0.2, 0) is 4.79 Å². The van der Waals surface area contributed by atoms with Gasteiger partial charge in [0.05, 0.1) is 5.57 Å². The predicted molar refractivity (Wildman–Crippen MR) is 77.8 cm³/mol. The number of rotatable bonds is 2. The summed E-state index contributed by atoms with van der Waals surface area (Å²) in [7, 11) is 0. The number of fused-ring (bicyclic) bond motifs is 1. The number of hydrogen-bond donors (Lipinski definition) is 2. The van der Waals surface area contributed by atoms with E-state index in [1.807, 2.05) is 24.3 Å². The Hall–Kier alpha value is -2.62. The van der Waals surface area contributed by atoms with Crippen molar-refractivity contribution in [2.24, 2.45) is 0 Å². The lowest BCUT2D eigenvalue weighted by molar-refractivity contribution is -0.110. The van der Waals surface area contributed by atoms with Crippen molar-refractivity contribution in [3.63, 3.8) is 0 Å². The first kappa shape index (κ1) is 12.4. The van der Waals surface area contributed by atoms with Crippen LogP contribution in [0.2, 0.25) is 0 Å². The zero-order valence-electron chi connectivity index (χ0n) is 10.9. The zero-order chi connectivity index (χ0) is 14.1. The van der Waals surface area contributed by atoms with Gasteiger partial charge in [-0.3, -0.25) is 4.79 Å². The molecule has 3 nitrogen and oxygen atoms in total. The minimum absolute atomic E-state index is 0.161. The van der Waals surface area contributed by atoms with Crippen LogP contribution in [0.4, 0.5) is 15.8 Å². The van der Waals surface area contributed by atoms with Gasteiger partial charge in [-0.25, -0.2) is 4.39 Å². The normalized spacial score (nSPS) is 15.1. The number of anilines is 2. The molecule has 100 valence electrons. The molecule has 0 aliphatic carbocycles. The first-order valence-corrected chi connectivity index (χ1v) is 6.29. The molecular formula is C16H13FN2O. The number of aryl methyl sites for hydroxylation is 1. The van der Waals surface area contributed by atoms with Gasteiger partial charge in [0.1, 0.15) is 5.82 Å². The van der Waals surface area contributed by atoms with Gasteiger partial charge in [-0.2, -0.15) is 0 Å². The lowest BCUT2D eigenvalue weighted by Gasteiger charge is -2.04. The maximum Gasteiger partial charge on any atom is 0.257 e. The molecule has 0 spiro atoms. The van der Waals surface area contributed by atoms with Crippen molar-refractivity contribution in [1.29, 1.82) is 0 Å². The molecule has 0 atom stereocenters. The molecule has 2 aromatic rings. The Bertz CT molecular complexity index is 722. The van der Waals surface area contributed by atoms with E-state index in [2.05, 4.69) is 10.6 Å². The lowest BCUT2D eigenvalue weighted by atomic mass is 10.1. The van der Waals surface area contributed by atoms with E-state index in [0.717, 1.165) is 11.3 Å². The van der Waals surface area contributed by atoms with Gasteiger partial charge in [-0.1, -0.05) is 24.3 Å². The van der Waals surface area contributed by atoms with Crippen LogP contribution in [0.25, 0.3) is 5.57 Å². The summed E-state index contributed by atoms with van der Waals surface area (Å²) >= 11 is 0. The van der Waals surface area contributed by atoms with E-state index >= 15 is 0 Å². The Morgan fingerprint density at radius 2 is 2.00 bits per heavy atom. The van der Waals surface area contributed by atoms with E-state index in [1.54, 1.807) is 25.3 Å². The number of para-hydroxylation sites is 1. The Morgan fingerprint density at radius 1 is 1.20 bits per heavy atom. The molecule has 0 saturated heterocycles. The number of carbonyl (C=O) groups excluding carboxylic acids is 1. The number of nitrogens with one attached hydrogen (secondary N) is 2. The summed E-state index contributed by atoms with van der Waals surface area (Å²) in [5.74, 6) is -0.434. The van der Waals surface area contributed by atoms with Crippen LogP contribution in [0.5, 0.6) is 0 Å². The molecule has 1 aliphatic heterocycles. The summed E-state index contributed by atoms with van der Waals surface area (Å²) in [5.41, 5.74) is 3.38. The molecule has 1 aliphatic rings. The van der Waals surface area contributed by atoms with Gasteiger partial charge in [0.15, 0.2) is 0 Å². The Morgan fingerprint density at radius 3 is 2.80 bits per heavy atom. The summed E-state index contributed by atoms with van der Waals surface area (Å²) in [6, 6.07) is 12.3. The van der Waals surface area contributed by atoms with Crippen LogP contribution >= 0.6 is 0 Å². The van der Waals surface area contributed by atoms with Crippen molar-refractivity contribution >= 4 is 22.9 Å². The van der Waals surface area contributed by atoms with Gasteiger partial charge in [0.2, 0.25) is 0 Å². The maximum absolute atomic E-state index is 13.5. The van der Waals surface area contributed by atoms with Crippen LogP contribution in [-0.4, -0.2) is 5.91 Å². The van der Waals surface area contributed by atoms with Crippen LogP contribution in [0.1, 0.15) is 11.1 Å². The van der Waals surface area contributed by atoms with Crippen molar-refractivity contribution in [2.75, 3.05) is 10.6 Å². The molecule has 1 amide bonds. The minimum Gasteiger partial charge on any atom is -0.361 e. The van der Waals surface area contributed by atoms with Crippen molar-refractivity contribution in [3.05, 3.63) is 65.6 Å². The standard InChI is InChI=1S/C16H13FN2O/c1-10-6-7-11(8-14(10)17)18-9-13-12-4-2-3-5-15(12)19-16(13)20/h2-9,18H,1H3,(H,19,20)/b13-9+. The second kappa shape index (κ2) is 4.81. The van der Waals surface area contributed by atoms with Gasteiger partial charge in [0.25, 0.3) is 5.91 Å². The highest BCUT2D eigenvalue weighted by molar-refractivity contribution is 6.31. The Labute approximate surface area is 116 Å². The van der Waals surface area contributed by atoms with Gasteiger partial charge in [-0.05, 0) is 30.7 Å². The molecule has 2 N–H and O–H groups in total. The number of hydrogen-bond acceptors (Lipinski definition) is 2. The van der Waals surface area contributed by atoms with Crippen molar-refractivity contribution in [3.8, 4) is 0 Å². The second-order valence-corrected chi connectivity index (χ2v) is 4.67. The van der Waals surface area contributed by atoms with Gasteiger partial charge >= 0.3 is 0 Å². The average molecular weight is 268 g/mol. The van der Waals surface area contributed by atoms with E-state index in [1.165, 1.54) is 6.07 Å². The highest BCUT2D eigenvalue weighted by Crippen LogP contribution is 2.31. The monoisotopic (exact) mass is 268 g/mol. The highest BCUT2D eigenvalue weighted by atomic mass is 19.1. The molecule has 0 unspecified atom stereocenters. The van der Waals surface area contributed by atoms with E-state index in [-0.39, 0.29) is 11.7 Å². The fourth-order valence-corrected chi connectivity index (χ4v) is 2.12. The summed E-state index contributed by atoms with van der Waals surface area (Å²) < 4.78 is 13.5. The molecule has 0 saturated carbocycles. The lowest BCUT2D eigenvalue weighted by Crippen LogP contribution is -2.05.